The lowest BCUT2D eigenvalue weighted by Gasteiger charge is -2.09. The van der Waals surface area contributed by atoms with E-state index in [0.29, 0.717) is 0 Å². The van der Waals surface area contributed by atoms with E-state index in [-0.39, 0.29) is 0 Å². The van der Waals surface area contributed by atoms with Crippen molar-refractivity contribution >= 4 is 0 Å². The zero-order valence-corrected chi connectivity index (χ0v) is 7.27. The van der Waals surface area contributed by atoms with Gasteiger partial charge in [0.15, 0.2) is 0 Å². The summed E-state index contributed by atoms with van der Waals surface area (Å²) in [5.74, 6) is 0. The lowest BCUT2D eigenvalue weighted by Crippen LogP contribution is -2.33. The lowest BCUT2D eigenvalue weighted by atomic mass is 10.2. The highest BCUT2D eigenvalue weighted by Crippen LogP contribution is 2.02. The topological polar surface area (TPSA) is 24.1 Å². The van der Waals surface area contributed by atoms with Crippen molar-refractivity contribution in [1.82, 2.24) is 10.6 Å². The van der Waals surface area contributed by atoms with Gasteiger partial charge in [-0.15, -0.1) is 0 Å². The molecule has 64 valence electrons. The first-order valence-corrected chi connectivity index (χ1v) is 4.48. The van der Waals surface area contributed by atoms with Crippen molar-refractivity contribution in [3.05, 3.63) is 12.2 Å². The maximum absolute atomic E-state index is 3.45. The first-order chi connectivity index (χ1) is 5.43. The second-order valence-electron chi connectivity index (χ2n) is 3.02. The molecule has 0 aliphatic carbocycles. The molecule has 1 aliphatic rings. The number of rotatable bonds is 4. The van der Waals surface area contributed by atoms with E-state index in [1.807, 2.05) is 0 Å². The molecule has 0 aromatic carbocycles. The van der Waals surface area contributed by atoms with Gasteiger partial charge in [-0.05, 0) is 26.3 Å². The average molecular weight is 154 g/mol. The van der Waals surface area contributed by atoms with Gasteiger partial charge >= 0.3 is 0 Å². The maximum Gasteiger partial charge on any atom is 0.0193 e. The summed E-state index contributed by atoms with van der Waals surface area (Å²) in [6, 6.07) is 0.722. The Balaban J connectivity index is 1.93. The van der Waals surface area contributed by atoms with Crippen LogP contribution in [0, 0.1) is 0 Å². The van der Waals surface area contributed by atoms with Crippen LogP contribution in [0.25, 0.3) is 0 Å². The minimum Gasteiger partial charge on any atom is -0.313 e. The molecule has 2 N–H and O–H groups in total. The van der Waals surface area contributed by atoms with Gasteiger partial charge in [0.1, 0.15) is 0 Å². The molecule has 1 aliphatic heterocycles. The molecule has 0 amide bonds. The van der Waals surface area contributed by atoms with E-state index in [4.69, 9.17) is 0 Å². The monoisotopic (exact) mass is 154 g/mol. The Labute approximate surface area is 69.1 Å². The quantitative estimate of drug-likeness (QED) is 0.464. The second kappa shape index (κ2) is 5.33. The van der Waals surface area contributed by atoms with Crippen molar-refractivity contribution in [3.63, 3.8) is 0 Å². The van der Waals surface area contributed by atoms with E-state index < -0.39 is 0 Å². The SMILES string of the molecule is C/C=C/CNCC1CCCN1. The van der Waals surface area contributed by atoms with Crippen LogP contribution >= 0.6 is 0 Å². The van der Waals surface area contributed by atoms with E-state index in [1.54, 1.807) is 0 Å². The van der Waals surface area contributed by atoms with Crippen LogP contribution in [0.1, 0.15) is 19.8 Å². The molecular formula is C9H18N2. The highest BCUT2D eigenvalue weighted by atomic mass is 15.0. The molecule has 0 aromatic rings. The van der Waals surface area contributed by atoms with Crippen molar-refractivity contribution in [2.75, 3.05) is 19.6 Å². The predicted octanol–water partition coefficient (Wildman–Crippen LogP) is 0.904. The first-order valence-electron chi connectivity index (χ1n) is 4.48. The molecule has 1 atom stereocenters. The largest absolute Gasteiger partial charge is 0.313 e. The average Bonchev–Trinajstić information content (AvgIpc) is 2.50. The summed E-state index contributed by atoms with van der Waals surface area (Å²) in [4.78, 5) is 0. The Morgan fingerprint density at radius 1 is 1.64 bits per heavy atom. The van der Waals surface area contributed by atoms with Crippen LogP contribution < -0.4 is 10.6 Å². The van der Waals surface area contributed by atoms with Crippen LogP contribution in [0.2, 0.25) is 0 Å². The van der Waals surface area contributed by atoms with Crippen molar-refractivity contribution < 1.29 is 0 Å². The molecule has 2 heteroatoms. The summed E-state index contributed by atoms with van der Waals surface area (Å²) < 4.78 is 0. The summed E-state index contributed by atoms with van der Waals surface area (Å²) in [6.45, 7) is 5.38. The van der Waals surface area contributed by atoms with E-state index in [9.17, 15) is 0 Å². The minimum absolute atomic E-state index is 0.722. The fourth-order valence-corrected chi connectivity index (χ4v) is 1.39. The highest BCUT2D eigenvalue weighted by Gasteiger charge is 2.11. The molecule has 0 aromatic heterocycles. The zero-order chi connectivity index (χ0) is 7.94. The number of nitrogens with one attached hydrogen (secondary N) is 2. The zero-order valence-electron chi connectivity index (χ0n) is 7.27. The molecule has 0 spiro atoms. The summed E-state index contributed by atoms with van der Waals surface area (Å²) >= 11 is 0. The summed E-state index contributed by atoms with van der Waals surface area (Å²) in [5.41, 5.74) is 0. The Morgan fingerprint density at radius 2 is 2.55 bits per heavy atom. The molecule has 2 nitrogen and oxygen atoms in total. The molecule has 1 rings (SSSR count). The molecule has 11 heavy (non-hydrogen) atoms. The normalized spacial score (nSPS) is 25.0. The third-order valence-electron chi connectivity index (χ3n) is 2.05. The second-order valence-corrected chi connectivity index (χ2v) is 3.02. The molecule has 1 heterocycles. The van der Waals surface area contributed by atoms with Gasteiger partial charge in [0.25, 0.3) is 0 Å². The van der Waals surface area contributed by atoms with Gasteiger partial charge in [-0.25, -0.2) is 0 Å². The molecule has 0 radical (unpaired) electrons. The fraction of sp³-hybridized carbons (Fsp3) is 0.778. The van der Waals surface area contributed by atoms with Crippen LogP contribution in [0.5, 0.6) is 0 Å². The van der Waals surface area contributed by atoms with Crippen molar-refractivity contribution in [1.29, 1.82) is 0 Å². The van der Waals surface area contributed by atoms with Gasteiger partial charge in [0, 0.05) is 19.1 Å². The third kappa shape index (κ3) is 3.54. The third-order valence-corrected chi connectivity index (χ3v) is 2.05. The van der Waals surface area contributed by atoms with Crippen LogP contribution in [0.15, 0.2) is 12.2 Å². The standard InChI is InChI=1S/C9H18N2/c1-2-3-6-10-8-9-5-4-7-11-9/h2-3,9-11H,4-8H2,1H3/b3-2+. The number of hydrogen-bond donors (Lipinski definition) is 2. The Kier molecular flexibility index (Phi) is 4.24. The van der Waals surface area contributed by atoms with Gasteiger partial charge < -0.3 is 10.6 Å². The molecular weight excluding hydrogens is 136 g/mol. The Morgan fingerprint density at radius 3 is 3.18 bits per heavy atom. The van der Waals surface area contributed by atoms with Crippen LogP contribution in [-0.2, 0) is 0 Å². The van der Waals surface area contributed by atoms with Gasteiger partial charge in [0.05, 0.1) is 0 Å². The van der Waals surface area contributed by atoms with E-state index in [0.717, 1.165) is 19.1 Å². The van der Waals surface area contributed by atoms with Gasteiger partial charge in [0.2, 0.25) is 0 Å². The van der Waals surface area contributed by atoms with Crippen LogP contribution in [-0.4, -0.2) is 25.7 Å². The summed E-state index contributed by atoms with van der Waals surface area (Å²) in [7, 11) is 0. The minimum atomic E-state index is 0.722. The predicted molar refractivity (Wildman–Crippen MR) is 48.7 cm³/mol. The van der Waals surface area contributed by atoms with E-state index in [2.05, 4.69) is 29.7 Å². The molecule has 0 saturated carbocycles. The van der Waals surface area contributed by atoms with Crippen molar-refractivity contribution in [2.45, 2.75) is 25.8 Å². The van der Waals surface area contributed by atoms with E-state index >= 15 is 0 Å². The summed E-state index contributed by atoms with van der Waals surface area (Å²) in [6.07, 6.45) is 6.91. The molecule has 1 fully saturated rings. The molecule has 0 bridgehead atoms. The van der Waals surface area contributed by atoms with E-state index in [1.165, 1.54) is 19.4 Å². The molecule has 1 saturated heterocycles. The van der Waals surface area contributed by atoms with Gasteiger partial charge in [-0.1, -0.05) is 12.2 Å². The Bertz CT molecular complexity index is 115. The van der Waals surface area contributed by atoms with Crippen molar-refractivity contribution in [3.8, 4) is 0 Å². The number of allylic oxidation sites excluding steroid dienone is 1. The maximum atomic E-state index is 3.45. The van der Waals surface area contributed by atoms with Gasteiger partial charge in [-0.3, -0.25) is 0 Å². The highest BCUT2D eigenvalue weighted by molar-refractivity contribution is 4.82. The van der Waals surface area contributed by atoms with Crippen LogP contribution in [0.4, 0.5) is 0 Å². The number of hydrogen-bond acceptors (Lipinski definition) is 2. The first kappa shape index (κ1) is 8.75. The lowest BCUT2D eigenvalue weighted by molar-refractivity contribution is 0.554. The summed E-state index contributed by atoms with van der Waals surface area (Å²) in [5, 5.41) is 6.83. The molecule has 1 unspecified atom stereocenters. The van der Waals surface area contributed by atoms with Crippen molar-refractivity contribution in [2.24, 2.45) is 0 Å². The smallest absolute Gasteiger partial charge is 0.0193 e. The fourth-order valence-electron chi connectivity index (χ4n) is 1.39. The Hall–Kier alpha value is -0.340. The van der Waals surface area contributed by atoms with Crippen LogP contribution in [0.3, 0.4) is 0 Å². The van der Waals surface area contributed by atoms with Gasteiger partial charge in [-0.2, -0.15) is 0 Å².